The average Bonchev–Trinajstić information content (AvgIpc) is 3.46. The number of fused-ring (bicyclic) bond motifs is 4. The zero-order valence-electron chi connectivity index (χ0n) is 29.1. The van der Waals surface area contributed by atoms with Crippen LogP contribution in [0.3, 0.4) is 0 Å². The summed E-state index contributed by atoms with van der Waals surface area (Å²) in [6.45, 7) is 11.0. The highest BCUT2D eigenvalue weighted by atomic mass is 16.5. The van der Waals surface area contributed by atoms with Gasteiger partial charge in [-0.25, -0.2) is 9.97 Å². The van der Waals surface area contributed by atoms with Crippen molar-refractivity contribution in [3.8, 4) is 17.3 Å². The summed E-state index contributed by atoms with van der Waals surface area (Å²) in [7, 11) is 1.63. The number of nitrogens with two attached hydrogens (primary N) is 1. The molecule has 49 heavy (non-hydrogen) atoms. The maximum Gasteiger partial charge on any atom is 0.254 e. The smallest absolute Gasteiger partial charge is 0.254 e. The lowest BCUT2D eigenvalue weighted by Gasteiger charge is -2.23. The van der Waals surface area contributed by atoms with Crippen molar-refractivity contribution in [2.75, 3.05) is 7.11 Å². The molecule has 3 fully saturated rings. The van der Waals surface area contributed by atoms with E-state index in [4.69, 9.17) is 20.4 Å². The van der Waals surface area contributed by atoms with Crippen LogP contribution in [0.5, 0.6) is 5.88 Å². The first-order valence-corrected chi connectivity index (χ1v) is 17.4. The third-order valence-electron chi connectivity index (χ3n) is 10.7. The van der Waals surface area contributed by atoms with Gasteiger partial charge in [0.15, 0.2) is 5.88 Å². The van der Waals surface area contributed by atoms with Crippen molar-refractivity contribution in [1.82, 2.24) is 38.9 Å². The molecule has 0 radical (unpaired) electrons. The quantitative estimate of drug-likeness (QED) is 0.232. The highest BCUT2D eigenvalue weighted by Gasteiger charge is 2.47. The maximum atomic E-state index is 13.8. The molecule has 0 aromatic carbocycles. The number of aryl methyl sites for hydroxylation is 1. The fraction of sp³-hybridized carbons (Fsp3) is 0.486. The van der Waals surface area contributed by atoms with Crippen molar-refractivity contribution >= 4 is 28.5 Å². The number of hydrogen-bond acceptors (Lipinski definition) is 7. The van der Waals surface area contributed by atoms with Crippen LogP contribution >= 0.6 is 0 Å². The summed E-state index contributed by atoms with van der Waals surface area (Å²) >= 11 is 0. The number of nitrogens with zero attached hydrogens (tertiary/aromatic N) is 7. The molecule has 5 aromatic heterocycles. The Morgan fingerprint density at radius 2 is 1.88 bits per heavy atom. The van der Waals surface area contributed by atoms with Gasteiger partial charge < -0.3 is 25.3 Å². The Labute approximate surface area is 285 Å². The molecule has 2 aliphatic heterocycles. The second-order valence-corrected chi connectivity index (χ2v) is 15.2. The van der Waals surface area contributed by atoms with E-state index in [2.05, 4.69) is 27.1 Å². The van der Waals surface area contributed by atoms with E-state index < -0.39 is 0 Å². The van der Waals surface area contributed by atoms with Gasteiger partial charge in [0.05, 0.1) is 47.5 Å². The van der Waals surface area contributed by atoms with Crippen LogP contribution in [-0.2, 0) is 12.1 Å². The standard InChI is InChI=1S/C37H45N9O3/c1-20(40-35(47)25-17-39-44(19-25)37(3,4)5)28-11-9-23-13-30(43(34(23)41-28)18-22-7-8-22)33-21(2)45-31(42-33)14-24(15-32(45)49-6)36(48)46-26-10-12-29(46)27(38)16-26/h9,11,13-15,17,19-20,22,26-27,29H,7-8,10,12,16,18,38H2,1-6H3,(H,40,47)/t20-,26+,27-,29-/m1/s1. The van der Waals surface area contributed by atoms with Gasteiger partial charge in [0.25, 0.3) is 11.8 Å². The molecule has 2 bridgehead atoms. The predicted octanol–water partition coefficient (Wildman–Crippen LogP) is 5.22. The number of nitrogens with one attached hydrogen (secondary N) is 1. The molecule has 8 rings (SSSR count). The number of aromatic nitrogens is 6. The Hall–Kier alpha value is -4.71. The van der Waals surface area contributed by atoms with Gasteiger partial charge >= 0.3 is 0 Å². The lowest BCUT2D eigenvalue weighted by Crippen LogP contribution is -2.40. The van der Waals surface area contributed by atoms with Gasteiger partial charge in [0.1, 0.15) is 17.0 Å². The van der Waals surface area contributed by atoms with Crippen LogP contribution in [0.15, 0.2) is 42.7 Å². The van der Waals surface area contributed by atoms with Crippen molar-refractivity contribution in [3.63, 3.8) is 0 Å². The maximum absolute atomic E-state index is 13.8. The van der Waals surface area contributed by atoms with Crippen LogP contribution in [-0.4, -0.2) is 70.7 Å². The summed E-state index contributed by atoms with van der Waals surface area (Å²) in [6.07, 6.45) is 8.57. The van der Waals surface area contributed by atoms with Crippen molar-refractivity contribution < 1.29 is 14.3 Å². The van der Waals surface area contributed by atoms with Crippen molar-refractivity contribution in [2.24, 2.45) is 11.7 Å². The van der Waals surface area contributed by atoms with Gasteiger partial charge in [0.2, 0.25) is 0 Å². The molecule has 5 aromatic rings. The number of rotatable bonds is 8. The summed E-state index contributed by atoms with van der Waals surface area (Å²) in [4.78, 5) is 39.3. The second-order valence-electron chi connectivity index (χ2n) is 15.2. The largest absolute Gasteiger partial charge is 0.482 e. The molecular formula is C37H45N9O3. The summed E-state index contributed by atoms with van der Waals surface area (Å²) in [6, 6.07) is 9.92. The fourth-order valence-electron chi connectivity index (χ4n) is 7.78. The van der Waals surface area contributed by atoms with Crippen LogP contribution in [0.1, 0.15) is 97.9 Å². The Bertz CT molecular complexity index is 2110. The van der Waals surface area contributed by atoms with Crippen LogP contribution < -0.4 is 15.8 Å². The van der Waals surface area contributed by atoms with Crippen molar-refractivity contribution in [1.29, 1.82) is 0 Å². The van der Waals surface area contributed by atoms with E-state index in [0.29, 0.717) is 28.6 Å². The zero-order valence-corrected chi connectivity index (χ0v) is 29.1. The van der Waals surface area contributed by atoms with Crippen LogP contribution in [0.2, 0.25) is 0 Å². The zero-order chi connectivity index (χ0) is 34.4. The van der Waals surface area contributed by atoms with E-state index in [1.807, 2.05) is 62.1 Å². The fourth-order valence-corrected chi connectivity index (χ4v) is 7.78. The molecular weight excluding hydrogens is 618 g/mol. The molecule has 0 spiro atoms. The number of hydrogen-bond donors (Lipinski definition) is 2. The molecule has 1 aliphatic carbocycles. The minimum Gasteiger partial charge on any atom is -0.482 e. The number of amides is 2. The number of carbonyl (C=O) groups is 2. The Balaban J connectivity index is 1.14. The molecule has 2 amide bonds. The first kappa shape index (κ1) is 31.6. The number of methoxy groups -OCH3 is 1. The van der Waals surface area contributed by atoms with E-state index in [1.165, 1.54) is 12.8 Å². The molecule has 256 valence electrons. The van der Waals surface area contributed by atoms with Gasteiger partial charge in [-0.15, -0.1) is 0 Å². The molecule has 2 saturated heterocycles. The molecule has 3 N–H and O–H groups in total. The number of carbonyl (C=O) groups excluding carboxylic acids is 2. The van der Waals surface area contributed by atoms with Crippen LogP contribution in [0, 0.1) is 12.8 Å². The van der Waals surface area contributed by atoms with E-state index in [0.717, 1.165) is 59.6 Å². The number of imidazole rings is 1. The Kier molecular flexibility index (Phi) is 7.36. The SMILES string of the molecule is COc1cc(C(=O)N2[C@H]3CC[C@@H]2[C@H](N)C3)cc2nc(-c3cc4ccc([C@@H](C)NC(=O)c5cnn(C(C)(C)C)c5)nc4n3CC3CC3)c(C)n12. The summed E-state index contributed by atoms with van der Waals surface area (Å²) in [5, 5.41) is 8.49. The first-order valence-electron chi connectivity index (χ1n) is 17.4. The molecule has 0 unspecified atom stereocenters. The predicted molar refractivity (Wildman–Crippen MR) is 187 cm³/mol. The third-order valence-corrected chi connectivity index (χ3v) is 10.7. The Morgan fingerprint density at radius 3 is 2.53 bits per heavy atom. The van der Waals surface area contributed by atoms with Crippen LogP contribution in [0.25, 0.3) is 28.1 Å². The van der Waals surface area contributed by atoms with Gasteiger partial charge in [-0.05, 0) is 96.9 Å². The Morgan fingerprint density at radius 1 is 1.08 bits per heavy atom. The summed E-state index contributed by atoms with van der Waals surface area (Å²) in [5.41, 5.74) is 12.2. The molecule has 7 heterocycles. The lowest BCUT2D eigenvalue weighted by atomic mass is 9.97. The lowest BCUT2D eigenvalue weighted by molar-refractivity contribution is 0.0725. The van der Waals surface area contributed by atoms with E-state index in [9.17, 15) is 9.59 Å². The average molecular weight is 664 g/mol. The minimum atomic E-state index is -0.319. The second kappa shape index (κ2) is 11.4. The molecule has 12 nitrogen and oxygen atoms in total. The van der Waals surface area contributed by atoms with E-state index in [-0.39, 0.29) is 41.5 Å². The van der Waals surface area contributed by atoms with E-state index in [1.54, 1.807) is 24.2 Å². The van der Waals surface area contributed by atoms with Gasteiger partial charge in [0, 0.05) is 47.9 Å². The van der Waals surface area contributed by atoms with E-state index >= 15 is 0 Å². The first-order chi connectivity index (χ1) is 23.4. The monoisotopic (exact) mass is 663 g/mol. The molecule has 12 heteroatoms. The minimum absolute atomic E-state index is 0.00715. The topological polar surface area (TPSA) is 138 Å². The third kappa shape index (κ3) is 5.36. The number of pyridine rings is 2. The normalized spacial score (nSPS) is 21.2. The van der Waals surface area contributed by atoms with Crippen molar-refractivity contribution in [3.05, 3.63) is 65.2 Å². The highest BCUT2D eigenvalue weighted by Crippen LogP contribution is 2.40. The molecule has 4 atom stereocenters. The summed E-state index contributed by atoms with van der Waals surface area (Å²) in [5.74, 6) is 0.948. The summed E-state index contributed by atoms with van der Waals surface area (Å²) < 4.78 is 11.9. The number of ether oxygens (including phenoxy) is 1. The van der Waals surface area contributed by atoms with Crippen molar-refractivity contribution in [2.45, 2.75) is 103 Å². The van der Waals surface area contributed by atoms with Gasteiger partial charge in [-0.2, -0.15) is 5.10 Å². The van der Waals surface area contributed by atoms with Gasteiger partial charge in [-0.1, -0.05) is 0 Å². The molecule has 1 saturated carbocycles. The highest BCUT2D eigenvalue weighted by molar-refractivity contribution is 5.97. The van der Waals surface area contributed by atoms with Crippen LogP contribution in [0.4, 0.5) is 0 Å². The molecule has 3 aliphatic rings. The van der Waals surface area contributed by atoms with Gasteiger partial charge in [-0.3, -0.25) is 18.7 Å².